The van der Waals surface area contributed by atoms with Crippen LogP contribution in [0.25, 0.3) is 0 Å². The molecular weight excluding hydrogens is 202 g/mol. The van der Waals surface area contributed by atoms with Gasteiger partial charge in [-0.15, -0.1) is 0 Å². The first kappa shape index (κ1) is 11.0. The molecule has 0 unspecified atom stereocenters. The molecule has 0 bridgehead atoms. The highest BCUT2D eigenvalue weighted by atomic mass is 16.5. The number of carbonyl (C=O) groups excluding carboxylic acids is 1. The molecule has 2 rings (SSSR count). The Labute approximate surface area is 95.8 Å². The van der Waals surface area contributed by atoms with Crippen molar-refractivity contribution in [1.82, 2.24) is 0 Å². The Morgan fingerprint density at radius 2 is 2.00 bits per heavy atom. The Bertz CT molecular complexity index is 369. The lowest BCUT2D eigenvalue weighted by Gasteiger charge is -2.44. The molecule has 0 atom stereocenters. The second-order valence-electron chi connectivity index (χ2n) is 4.58. The van der Waals surface area contributed by atoms with Crippen molar-refractivity contribution in [3.63, 3.8) is 0 Å². The lowest BCUT2D eigenvalue weighted by molar-refractivity contribution is -0.150. The summed E-state index contributed by atoms with van der Waals surface area (Å²) >= 11 is 0. The van der Waals surface area contributed by atoms with Crippen LogP contribution >= 0.6 is 0 Å². The summed E-state index contributed by atoms with van der Waals surface area (Å²) in [5.41, 5.74) is 0.468. The summed E-state index contributed by atoms with van der Waals surface area (Å²) < 4.78 is 4.88. The number of ether oxygens (including phenoxy) is 1. The van der Waals surface area contributed by atoms with Gasteiger partial charge >= 0.3 is 5.97 Å². The molecule has 86 valence electrons. The third-order valence-electron chi connectivity index (χ3n) is 3.13. The molecular formula is C13H17NO2. The molecule has 16 heavy (non-hydrogen) atoms. The first-order valence-corrected chi connectivity index (χ1v) is 5.58. The summed E-state index contributed by atoms with van der Waals surface area (Å²) in [6.07, 6.45) is 1.68. The fourth-order valence-electron chi connectivity index (χ4n) is 2.44. The fourth-order valence-corrected chi connectivity index (χ4v) is 2.44. The number of para-hydroxylation sites is 1. The highest BCUT2D eigenvalue weighted by Crippen LogP contribution is 2.40. The zero-order valence-corrected chi connectivity index (χ0v) is 9.69. The fraction of sp³-hybridized carbons (Fsp3) is 0.462. The molecule has 0 amide bonds. The summed E-state index contributed by atoms with van der Waals surface area (Å²) in [5.74, 6) is 0.421. The van der Waals surface area contributed by atoms with E-state index in [9.17, 15) is 4.79 Å². The standard InChI is InChI=1S/C13H17NO2/c1-10-8-13(9-10,12(15)16-2)14-11-6-4-3-5-7-11/h3-7,10,14H,8-9H2,1-2H3. The van der Waals surface area contributed by atoms with Crippen molar-refractivity contribution in [1.29, 1.82) is 0 Å². The van der Waals surface area contributed by atoms with E-state index in [1.54, 1.807) is 0 Å². The van der Waals surface area contributed by atoms with Crippen LogP contribution in [0.5, 0.6) is 0 Å². The monoisotopic (exact) mass is 219 g/mol. The predicted molar refractivity (Wildman–Crippen MR) is 63.2 cm³/mol. The molecule has 1 fully saturated rings. The van der Waals surface area contributed by atoms with Crippen LogP contribution < -0.4 is 5.32 Å². The molecule has 1 aliphatic carbocycles. The summed E-state index contributed by atoms with van der Waals surface area (Å²) in [6, 6.07) is 9.80. The van der Waals surface area contributed by atoms with Gasteiger partial charge in [0.05, 0.1) is 7.11 Å². The molecule has 1 N–H and O–H groups in total. The third kappa shape index (κ3) is 1.90. The molecule has 0 heterocycles. The van der Waals surface area contributed by atoms with Gasteiger partial charge in [-0.25, -0.2) is 4.79 Å². The van der Waals surface area contributed by atoms with E-state index in [0.29, 0.717) is 5.92 Å². The Morgan fingerprint density at radius 3 is 2.50 bits per heavy atom. The first-order chi connectivity index (χ1) is 7.66. The maximum absolute atomic E-state index is 11.8. The van der Waals surface area contributed by atoms with Gasteiger partial charge in [-0.3, -0.25) is 0 Å². The second-order valence-corrected chi connectivity index (χ2v) is 4.58. The number of esters is 1. The van der Waals surface area contributed by atoms with Gasteiger partial charge in [0.15, 0.2) is 0 Å². The van der Waals surface area contributed by atoms with Crippen LogP contribution in [0.2, 0.25) is 0 Å². The van der Waals surface area contributed by atoms with Gasteiger partial charge in [-0.05, 0) is 30.9 Å². The molecule has 1 saturated carbocycles. The Hall–Kier alpha value is -1.51. The first-order valence-electron chi connectivity index (χ1n) is 5.58. The van der Waals surface area contributed by atoms with Gasteiger partial charge in [0.1, 0.15) is 5.54 Å². The summed E-state index contributed by atoms with van der Waals surface area (Å²) in [6.45, 7) is 2.15. The summed E-state index contributed by atoms with van der Waals surface area (Å²) in [5, 5.41) is 3.30. The van der Waals surface area contributed by atoms with E-state index in [-0.39, 0.29) is 5.97 Å². The van der Waals surface area contributed by atoms with Crippen molar-refractivity contribution in [2.24, 2.45) is 5.92 Å². The van der Waals surface area contributed by atoms with E-state index in [2.05, 4.69) is 12.2 Å². The molecule has 0 radical (unpaired) electrons. The maximum Gasteiger partial charge on any atom is 0.331 e. The van der Waals surface area contributed by atoms with E-state index in [1.807, 2.05) is 30.3 Å². The number of hydrogen-bond donors (Lipinski definition) is 1. The molecule has 0 aliphatic heterocycles. The third-order valence-corrected chi connectivity index (χ3v) is 3.13. The SMILES string of the molecule is COC(=O)C1(Nc2ccccc2)CC(C)C1. The van der Waals surface area contributed by atoms with E-state index in [4.69, 9.17) is 4.74 Å². The highest BCUT2D eigenvalue weighted by molar-refractivity contribution is 5.85. The number of anilines is 1. The maximum atomic E-state index is 11.8. The van der Waals surface area contributed by atoms with Gasteiger partial charge in [0.2, 0.25) is 0 Å². The van der Waals surface area contributed by atoms with E-state index >= 15 is 0 Å². The predicted octanol–water partition coefficient (Wildman–Crippen LogP) is 2.44. The smallest absolute Gasteiger partial charge is 0.331 e. The molecule has 3 heteroatoms. The average Bonchev–Trinajstić information content (AvgIpc) is 2.27. The van der Waals surface area contributed by atoms with E-state index in [0.717, 1.165) is 18.5 Å². The van der Waals surface area contributed by atoms with Crippen molar-refractivity contribution in [3.05, 3.63) is 30.3 Å². The highest BCUT2D eigenvalue weighted by Gasteiger charge is 2.49. The summed E-state index contributed by atoms with van der Waals surface area (Å²) in [7, 11) is 1.44. The largest absolute Gasteiger partial charge is 0.467 e. The number of hydrogen-bond acceptors (Lipinski definition) is 3. The number of carbonyl (C=O) groups is 1. The molecule has 3 nitrogen and oxygen atoms in total. The average molecular weight is 219 g/mol. The molecule has 1 aromatic rings. The normalized spacial score (nSPS) is 28.0. The van der Waals surface area contributed by atoms with Crippen molar-refractivity contribution in [2.45, 2.75) is 25.3 Å². The van der Waals surface area contributed by atoms with Gasteiger partial charge in [0.25, 0.3) is 0 Å². The van der Waals surface area contributed by atoms with Crippen LogP contribution in [0.1, 0.15) is 19.8 Å². The van der Waals surface area contributed by atoms with Crippen LogP contribution in [0.3, 0.4) is 0 Å². The lowest BCUT2D eigenvalue weighted by atomic mass is 9.69. The number of benzene rings is 1. The van der Waals surface area contributed by atoms with Gasteiger partial charge in [0, 0.05) is 5.69 Å². The zero-order chi connectivity index (χ0) is 11.6. The minimum absolute atomic E-state index is 0.158. The Morgan fingerprint density at radius 1 is 1.38 bits per heavy atom. The van der Waals surface area contributed by atoms with Crippen LogP contribution in [-0.4, -0.2) is 18.6 Å². The van der Waals surface area contributed by atoms with E-state index < -0.39 is 5.54 Å². The molecule has 0 aromatic heterocycles. The van der Waals surface area contributed by atoms with Crippen molar-refractivity contribution in [2.75, 3.05) is 12.4 Å². The number of nitrogens with one attached hydrogen (secondary N) is 1. The van der Waals surface area contributed by atoms with E-state index in [1.165, 1.54) is 7.11 Å². The zero-order valence-electron chi connectivity index (χ0n) is 9.69. The quantitative estimate of drug-likeness (QED) is 0.793. The summed E-state index contributed by atoms with van der Waals surface area (Å²) in [4.78, 5) is 11.8. The molecule has 1 aliphatic rings. The van der Waals surface area contributed by atoms with Crippen LogP contribution in [0.4, 0.5) is 5.69 Å². The van der Waals surface area contributed by atoms with Gasteiger partial charge < -0.3 is 10.1 Å². The minimum Gasteiger partial charge on any atom is -0.467 e. The van der Waals surface area contributed by atoms with Gasteiger partial charge in [-0.1, -0.05) is 25.1 Å². The lowest BCUT2D eigenvalue weighted by Crippen LogP contribution is -2.56. The van der Waals surface area contributed by atoms with Crippen molar-refractivity contribution >= 4 is 11.7 Å². The molecule has 0 spiro atoms. The minimum atomic E-state index is -0.504. The van der Waals surface area contributed by atoms with Crippen molar-refractivity contribution < 1.29 is 9.53 Å². The Kier molecular flexibility index (Phi) is 2.86. The van der Waals surface area contributed by atoms with Crippen LogP contribution in [0.15, 0.2) is 30.3 Å². The Balaban J connectivity index is 2.13. The van der Waals surface area contributed by atoms with Crippen LogP contribution in [0, 0.1) is 5.92 Å². The second kappa shape index (κ2) is 4.16. The number of methoxy groups -OCH3 is 1. The molecule has 0 saturated heterocycles. The topological polar surface area (TPSA) is 38.3 Å². The van der Waals surface area contributed by atoms with Crippen molar-refractivity contribution in [3.8, 4) is 0 Å². The van der Waals surface area contributed by atoms with Gasteiger partial charge in [-0.2, -0.15) is 0 Å². The number of rotatable bonds is 3. The van der Waals surface area contributed by atoms with Crippen LogP contribution in [-0.2, 0) is 9.53 Å². The molecule has 1 aromatic carbocycles.